The molecular formula is C5H6N8O2S. The minimum atomic E-state index is -1.02. The third-order valence-corrected chi connectivity index (χ3v) is 2.55. The van der Waals surface area contributed by atoms with Crippen LogP contribution < -0.4 is 0 Å². The summed E-state index contributed by atoms with van der Waals surface area (Å²) in [4.78, 5) is 10.5. The average molecular weight is 242 g/mol. The van der Waals surface area contributed by atoms with Crippen LogP contribution in [0.25, 0.3) is 0 Å². The van der Waals surface area contributed by atoms with E-state index < -0.39 is 5.97 Å². The molecule has 0 radical (unpaired) electrons. The van der Waals surface area contributed by atoms with Gasteiger partial charge in [0.05, 0.1) is 0 Å². The first-order valence-electron chi connectivity index (χ1n) is 4.05. The van der Waals surface area contributed by atoms with Crippen LogP contribution in [0.3, 0.4) is 0 Å². The van der Waals surface area contributed by atoms with Gasteiger partial charge in [-0.2, -0.15) is 0 Å². The molecule has 0 spiro atoms. The number of aliphatic carboxylic acids is 1. The molecule has 0 saturated heterocycles. The Morgan fingerprint density at radius 2 is 2.00 bits per heavy atom. The first-order valence-corrected chi connectivity index (χ1v) is 4.86. The van der Waals surface area contributed by atoms with Crippen molar-refractivity contribution in [3.8, 4) is 0 Å². The van der Waals surface area contributed by atoms with E-state index in [9.17, 15) is 4.79 Å². The van der Waals surface area contributed by atoms with Crippen molar-refractivity contribution in [1.82, 2.24) is 40.4 Å². The van der Waals surface area contributed by atoms with Crippen LogP contribution in [-0.2, 0) is 18.4 Å². The van der Waals surface area contributed by atoms with Gasteiger partial charge in [-0.3, -0.25) is 4.79 Å². The second-order valence-corrected chi connectivity index (χ2v) is 3.63. The Labute approximate surface area is 92.6 Å². The van der Waals surface area contributed by atoms with Gasteiger partial charge in [-0.15, -0.1) is 10.2 Å². The molecule has 0 amide bonds. The van der Waals surface area contributed by atoms with Gasteiger partial charge in [0.25, 0.3) is 0 Å². The lowest BCUT2D eigenvalue weighted by atomic mass is 10.7. The zero-order valence-electron chi connectivity index (χ0n) is 8.05. The average Bonchev–Trinajstić information content (AvgIpc) is 2.78. The van der Waals surface area contributed by atoms with Gasteiger partial charge in [-0.25, -0.2) is 9.36 Å². The third-order valence-electron chi connectivity index (χ3n) is 1.55. The van der Waals surface area contributed by atoms with Crippen molar-refractivity contribution in [3.05, 3.63) is 0 Å². The van der Waals surface area contributed by atoms with Crippen LogP contribution >= 0.6 is 11.8 Å². The Hall–Kier alpha value is -2.04. The van der Waals surface area contributed by atoms with Crippen LogP contribution in [0, 0.1) is 0 Å². The van der Waals surface area contributed by atoms with Gasteiger partial charge in [-0.1, -0.05) is 0 Å². The normalized spacial score (nSPS) is 10.6. The Kier molecular flexibility index (Phi) is 2.76. The second-order valence-electron chi connectivity index (χ2n) is 2.70. The van der Waals surface area contributed by atoms with E-state index in [-0.39, 0.29) is 6.54 Å². The zero-order chi connectivity index (χ0) is 11.5. The fraction of sp³-hybridized carbons (Fsp3) is 0.400. The predicted molar refractivity (Wildman–Crippen MR) is 48.4 cm³/mol. The molecule has 0 unspecified atom stereocenters. The highest BCUT2D eigenvalue weighted by Gasteiger charge is 2.14. The smallest absolute Gasteiger partial charge is 0.325 e. The van der Waals surface area contributed by atoms with Gasteiger partial charge in [0.1, 0.15) is 6.54 Å². The molecule has 11 heteroatoms. The standard InChI is InChI=1S/C5H6N8O2S/c1-12-4(6-8-10-12)16-5-7-9-11-13(5)2-3(14)15/h2H2,1H3,(H,14,15). The van der Waals surface area contributed by atoms with E-state index in [2.05, 4.69) is 31.1 Å². The minimum Gasteiger partial charge on any atom is -0.480 e. The molecule has 0 saturated carbocycles. The first-order chi connectivity index (χ1) is 7.66. The van der Waals surface area contributed by atoms with Crippen LogP contribution in [0.5, 0.6) is 0 Å². The fourth-order valence-electron chi connectivity index (χ4n) is 0.886. The molecule has 1 N–H and O–H groups in total. The van der Waals surface area contributed by atoms with E-state index >= 15 is 0 Å². The summed E-state index contributed by atoms with van der Waals surface area (Å²) in [5.74, 6) is -1.02. The predicted octanol–water partition coefficient (Wildman–Crippen LogP) is -1.57. The minimum absolute atomic E-state index is 0.305. The summed E-state index contributed by atoms with van der Waals surface area (Å²) in [6, 6.07) is 0. The van der Waals surface area contributed by atoms with Gasteiger partial charge < -0.3 is 5.11 Å². The van der Waals surface area contributed by atoms with E-state index in [1.807, 2.05) is 0 Å². The monoisotopic (exact) mass is 242 g/mol. The number of hydrogen-bond donors (Lipinski definition) is 1. The molecule has 2 aromatic heterocycles. The van der Waals surface area contributed by atoms with Gasteiger partial charge in [0, 0.05) is 7.05 Å². The highest BCUT2D eigenvalue weighted by atomic mass is 32.2. The molecule has 0 aliphatic heterocycles. The third kappa shape index (κ3) is 2.13. The maximum Gasteiger partial charge on any atom is 0.325 e. The number of aryl methyl sites for hydroxylation is 1. The summed E-state index contributed by atoms with van der Waals surface area (Å²) in [6.07, 6.45) is 0. The molecule has 0 aromatic carbocycles. The highest BCUT2D eigenvalue weighted by molar-refractivity contribution is 7.99. The molecule has 0 bridgehead atoms. The van der Waals surface area contributed by atoms with E-state index in [0.29, 0.717) is 10.3 Å². The summed E-state index contributed by atoms with van der Waals surface area (Å²) in [5, 5.41) is 30.8. The van der Waals surface area contributed by atoms with Crippen LogP contribution in [0.15, 0.2) is 10.3 Å². The van der Waals surface area contributed by atoms with Crippen molar-refractivity contribution in [2.45, 2.75) is 16.9 Å². The van der Waals surface area contributed by atoms with E-state index in [0.717, 1.165) is 16.4 Å². The van der Waals surface area contributed by atoms with Gasteiger partial charge in [-0.05, 0) is 32.6 Å². The fourth-order valence-corrected chi connectivity index (χ4v) is 1.58. The van der Waals surface area contributed by atoms with Crippen LogP contribution in [0.2, 0.25) is 0 Å². The number of carbonyl (C=O) groups is 1. The first kappa shape index (κ1) is 10.5. The summed E-state index contributed by atoms with van der Waals surface area (Å²) < 4.78 is 2.59. The number of rotatable bonds is 4. The SMILES string of the molecule is Cn1nnnc1Sc1nnnn1CC(=O)O. The largest absolute Gasteiger partial charge is 0.480 e. The lowest BCUT2D eigenvalue weighted by Gasteiger charge is -1.98. The molecule has 84 valence electrons. The number of carboxylic acids is 1. The molecule has 0 aliphatic carbocycles. The van der Waals surface area contributed by atoms with Crippen LogP contribution in [-0.4, -0.2) is 51.5 Å². The van der Waals surface area contributed by atoms with Gasteiger partial charge in [0.2, 0.25) is 10.3 Å². The maximum absolute atomic E-state index is 10.5. The molecule has 16 heavy (non-hydrogen) atoms. The molecular weight excluding hydrogens is 236 g/mol. The van der Waals surface area contributed by atoms with Crippen LogP contribution in [0.1, 0.15) is 0 Å². The number of tetrazole rings is 2. The van der Waals surface area contributed by atoms with Crippen LogP contribution in [0.4, 0.5) is 0 Å². The Morgan fingerprint density at radius 1 is 1.31 bits per heavy atom. The molecule has 2 aromatic rings. The maximum atomic E-state index is 10.5. The van der Waals surface area contributed by atoms with Crippen molar-refractivity contribution < 1.29 is 9.90 Å². The number of hydrogen-bond acceptors (Lipinski definition) is 8. The van der Waals surface area contributed by atoms with Crippen molar-refractivity contribution in [1.29, 1.82) is 0 Å². The van der Waals surface area contributed by atoms with Crippen molar-refractivity contribution in [2.24, 2.45) is 7.05 Å². The molecule has 0 atom stereocenters. The summed E-state index contributed by atoms with van der Waals surface area (Å²) in [6.45, 7) is -0.305. The van der Waals surface area contributed by atoms with Gasteiger partial charge in [0.15, 0.2) is 0 Å². The Morgan fingerprint density at radius 3 is 2.62 bits per heavy atom. The zero-order valence-corrected chi connectivity index (χ0v) is 8.87. The number of aromatic nitrogens is 8. The summed E-state index contributed by atoms with van der Waals surface area (Å²) >= 11 is 1.09. The molecule has 0 aliphatic rings. The second kappa shape index (κ2) is 4.22. The van der Waals surface area contributed by atoms with Crippen molar-refractivity contribution in [2.75, 3.05) is 0 Å². The summed E-state index contributed by atoms with van der Waals surface area (Å²) in [5.41, 5.74) is 0. The molecule has 10 nitrogen and oxygen atoms in total. The number of nitrogens with zero attached hydrogens (tertiary/aromatic N) is 8. The van der Waals surface area contributed by atoms with Gasteiger partial charge >= 0.3 is 5.97 Å². The molecule has 0 fully saturated rings. The summed E-state index contributed by atoms with van der Waals surface area (Å²) in [7, 11) is 1.66. The van der Waals surface area contributed by atoms with E-state index in [4.69, 9.17) is 5.11 Å². The molecule has 2 heterocycles. The van der Waals surface area contributed by atoms with Crippen molar-refractivity contribution in [3.63, 3.8) is 0 Å². The van der Waals surface area contributed by atoms with Crippen molar-refractivity contribution >= 4 is 17.7 Å². The molecule has 2 rings (SSSR count). The Balaban J connectivity index is 2.19. The topological polar surface area (TPSA) is 124 Å². The number of carboxylic acid groups (broad SMARTS) is 1. The lowest BCUT2D eigenvalue weighted by molar-refractivity contribution is -0.138. The quantitative estimate of drug-likeness (QED) is 0.676. The van der Waals surface area contributed by atoms with E-state index in [1.165, 1.54) is 4.68 Å². The lowest BCUT2D eigenvalue weighted by Crippen LogP contribution is -2.11. The highest BCUT2D eigenvalue weighted by Crippen LogP contribution is 2.21. The Bertz CT molecular complexity index is 506. The van der Waals surface area contributed by atoms with E-state index in [1.54, 1.807) is 7.05 Å².